The summed E-state index contributed by atoms with van der Waals surface area (Å²) in [6.45, 7) is 9.12. The molecule has 7 rings (SSSR count). The number of ether oxygens (including phenoxy) is 5. The molecule has 1 N–H and O–H groups in total. The van der Waals surface area contributed by atoms with E-state index < -0.39 is 5.79 Å². The molecule has 1 saturated heterocycles. The summed E-state index contributed by atoms with van der Waals surface area (Å²) < 4.78 is 31.8. The molecule has 4 aliphatic rings. The number of methoxy groups -OCH3 is 2. The molecule has 2 aromatic heterocycles. The summed E-state index contributed by atoms with van der Waals surface area (Å²) >= 11 is 0. The van der Waals surface area contributed by atoms with E-state index in [0.717, 1.165) is 78.6 Å². The zero-order valence-electron chi connectivity index (χ0n) is 29.7. The summed E-state index contributed by atoms with van der Waals surface area (Å²) in [4.78, 5) is 24.1. The highest BCUT2D eigenvalue weighted by Gasteiger charge is 2.55. The summed E-state index contributed by atoms with van der Waals surface area (Å²) in [6.07, 6.45) is 12.5. The molecule has 3 aliphatic carbocycles. The lowest BCUT2D eigenvalue weighted by atomic mass is 9.75. The van der Waals surface area contributed by atoms with Crippen molar-refractivity contribution in [1.82, 2.24) is 19.4 Å². The van der Waals surface area contributed by atoms with Gasteiger partial charge in [0.05, 0.1) is 38.4 Å². The van der Waals surface area contributed by atoms with Crippen molar-refractivity contribution in [3.8, 4) is 11.5 Å². The maximum Gasteiger partial charge on any atom is 0.305 e. The SMILES string of the molecule is CCOC(=O)CCC1CC(N(CC2CCC2)CC2CC(n3ccc4c(NCc5ccc(OC)cc5OC)ncnc43)C3OC(C)(C)OC23)C1. The standard InChI is InChI=1S/C38H53N5O6/c1-6-47-33(44)13-10-25-16-28(17-25)42(21-24-8-7-9-24)22-27-18-31(35-34(27)48-38(2,3)49-35)43-15-14-30-36(40-23-41-37(30)43)39-20-26-11-12-29(45-4)19-32(26)46-5/h11-12,14-15,19,23-25,27-28,31,34-35H,6-10,13,16-18,20-22H2,1-5H3,(H,39,40,41). The first-order chi connectivity index (χ1) is 23.7. The third-order valence-electron chi connectivity index (χ3n) is 11.3. The van der Waals surface area contributed by atoms with Crippen LogP contribution < -0.4 is 14.8 Å². The van der Waals surface area contributed by atoms with Crippen LogP contribution in [-0.2, 0) is 25.5 Å². The number of carbonyl (C=O) groups is 1. The van der Waals surface area contributed by atoms with Crippen LogP contribution in [0, 0.1) is 17.8 Å². The predicted molar refractivity (Wildman–Crippen MR) is 187 cm³/mol. The van der Waals surface area contributed by atoms with Crippen LogP contribution >= 0.6 is 0 Å². The van der Waals surface area contributed by atoms with E-state index >= 15 is 0 Å². The number of nitrogens with one attached hydrogen (secondary N) is 1. The lowest BCUT2D eigenvalue weighted by Crippen LogP contribution is -2.50. The van der Waals surface area contributed by atoms with Gasteiger partial charge in [-0.15, -0.1) is 0 Å². The third kappa shape index (κ3) is 7.25. The van der Waals surface area contributed by atoms with E-state index in [9.17, 15) is 4.79 Å². The summed E-state index contributed by atoms with van der Waals surface area (Å²) in [6, 6.07) is 8.62. The van der Waals surface area contributed by atoms with Crippen LogP contribution in [0.25, 0.3) is 11.0 Å². The number of aromatic nitrogens is 3. The zero-order chi connectivity index (χ0) is 34.1. The van der Waals surface area contributed by atoms with E-state index in [1.54, 1.807) is 20.5 Å². The minimum absolute atomic E-state index is 0.0167. The van der Waals surface area contributed by atoms with E-state index in [4.69, 9.17) is 28.7 Å². The number of anilines is 1. The number of fused-ring (bicyclic) bond motifs is 2. The molecule has 0 bridgehead atoms. The van der Waals surface area contributed by atoms with Crippen LogP contribution in [0.4, 0.5) is 5.82 Å². The van der Waals surface area contributed by atoms with Crippen LogP contribution in [0.15, 0.2) is 36.8 Å². The first-order valence-corrected chi connectivity index (χ1v) is 18.3. The number of hydrogen-bond acceptors (Lipinski definition) is 10. The van der Waals surface area contributed by atoms with Gasteiger partial charge in [0.25, 0.3) is 0 Å². The van der Waals surface area contributed by atoms with Gasteiger partial charge in [-0.3, -0.25) is 9.69 Å². The van der Waals surface area contributed by atoms with Crippen molar-refractivity contribution in [3.63, 3.8) is 0 Å². The molecule has 1 aliphatic heterocycles. The van der Waals surface area contributed by atoms with Crippen molar-refractivity contribution in [2.45, 2.75) is 109 Å². The van der Waals surface area contributed by atoms with Crippen molar-refractivity contribution >= 4 is 22.8 Å². The maximum absolute atomic E-state index is 12.0. The monoisotopic (exact) mass is 675 g/mol. The van der Waals surface area contributed by atoms with Gasteiger partial charge >= 0.3 is 5.97 Å². The van der Waals surface area contributed by atoms with Gasteiger partial charge in [-0.05, 0) is 89.3 Å². The van der Waals surface area contributed by atoms with Gasteiger partial charge in [-0.2, -0.15) is 0 Å². The first kappa shape index (κ1) is 34.1. The molecular weight excluding hydrogens is 622 g/mol. The normalized spacial score (nSPS) is 27.5. The number of hydrogen-bond donors (Lipinski definition) is 1. The lowest BCUT2D eigenvalue weighted by Gasteiger charge is -2.46. The quantitative estimate of drug-likeness (QED) is 0.183. The van der Waals surface area contributed by atoms with E-state index in [-0.39, 0.29) is 24.2 Å². The largest absolute Gasteiger partial charge is 0.497 e. The predicted octanol–water partition coefficient (Wildman–Crippen LogP) is 6.37. The Bertz CT molecular complexity index is 1600. The molecule has 4 unspecified atom stereocenters. The summed E-state index contributed by atoms with van der Waals surface area (Å²) in [7, 11) is 3.32. The summed E-state index contributed by atoms with van der Waals surface area (Å²) in [5.74, 6) is 3.33. The van der Waals surface area contributed by atoms with E-state index in [2.05, 4.69) is 32.0 Å². The van der Waals surface area contributed by atoms with Crippen LogP contribution in [0.2, 0.25) is 0 Å². The Labute approximate surface area is 290 Å². The van der Waals surface area contributed by atoms with Crippen LogP contribution in [0.3, 0.4) is 0 Å². The molecule has 3 aromatic rings. The van der Waals surface area contributed by atoms with Gasteiger partial charge in [0.2, 0.25) is 0 Å². The number of benzene rings is 1. The molecule has 266 valence electrons. The molecule has 11 heteroatoms. The molecule has 11 nitrogen and oxygen atoms in total. The molecular formula is C38H53N5O6. The number of nitrogens with zero attached hydrogens (tertiary/aromatic N) is 4. The maximum atomic E-state index is 12.0. The smallest absolute Gasteiger partial charge is 0.305 e. The molecule has 0 spiro atoms. The Hall–Kier alpha value is -3.41. The molecule has 0 radical (unpaired) electrons. The van der Waals surface area contributed by atoms with Crippen molar-refractivity contribution in [2.75, 3.05) is 39.2 Å². The molecule has 1 aromatic carbocycles. The van der Waals surface area contributed by atoms with Crippen molar-refractivity contribution in [1.29, 1.82) is 0 Å². The van der Waals surface area contributed by atoms with Gasteiger partial charge < -0.3 is 33.6 Å². The van der Waals surface area contributed by atoms with E-state index in [1.165, 1.54) is 19.3 Å². The minimum atomic E-state index is -0.637. The lowest BCUT2D eigenvalue weighted by molar-refractivity contribution is -0.161. The average Bonchev–Trinajstić information content (AvgIpc) is 3.71. The third-order valence-corrected chi connectivity index (χ3v) is 11.3. The number of esters is 1. The molecule has 49 heavy (non-hydrogen) atoms. The molecule has 4 fully saturated rings. The van der Waals surface area contributed by atoms with Gasteiger partial charge in [-0.1, -0.05) is 6.42 Å². The van der Waals surface area contributed by atoms with Gasteiger partial charge in [0.1, 0.15) is 35.4 Å². The van der Waals surface area contributed by atoms with E-state index in [0.29, 0.717) is 37.5 Å². The second-order valence-electron chi connectivity index (χ2n) is 14.9. The fourth-order valence-electron chi connectivity index (χ4n) is 8.53. The van der Waals surface area contributed by atoms with E-state index in [1.807, 2.05) is 39.0 Å². The molecule has 3 saturated carbocycles. The second kappa shape index (κ2) is 14.4. The van der Waals surface area contributed by atoms with Crippen LogP contribution in [0.1, 0.15) is 83.7 Å². The van der Waals surface area contributed by atoms with Gasteiger partial charge in [-0.25, -0.2) is 9.97 Å². The van der Waals surface area contributed by atoms with Crippen LogP contribution in [0.5, 0.6) is 11.5 Å². The summed E-state index contributed by atoms with van der Waals surface area (Å²) in [5.41, 5.74) is 1.91. The highest BCUT2D eigenvalue weighted by molar-refractivity contribution is 5.87. The Kier molecular flexibility index (Phi) is 10.0. The van der Waals surface area contributed by atoms with Crippen molar-refractivity contribution in [3.05, 3.63) is 42.4 Å². The second-order valence-corrected chi connectivity index (χ2v) is 14.9. The fourth-order valence-corrected chi connectivity index (χ4v) is 8.53. The Morgan fingerprint density at radius 1 is 1.04 bits per heavy atom. The molecule has 0 amide bonds. The first-order valence-electron chi connectivity index (χ1n) is 18.3. The molecule has 3 heterocycles. The highest BCUT2D eigenvalue weighted by Crippen LogP contribution is 2.49. The fraction of sp³-hybridized carbons (Fsp3) is 0.658. The minimum Gasteiger partial charge on any atom is -0.497 e. The topological polar surface area (TPSA) is 109 Å². The summed E-state index contributed by atoms with van der Waals surface area (Å²) in [5, 5.41) is 4.50. The van der Waals surface area contributed by atoms with Crippen LogP contribution in [-0.4, -0.2) is 83.4 Å². The van der Waals surface area contributed by atoms with Gasteiger partial charge in [0, 0.05) is 55.8 Å². The van der Waals surface area contributed by atoms with Gasteiger partial charge in [0.15, 0.2) is 5.79 Å². The Morgan fingerprint density at radius 2 is 1.86 bits per heavy atom. The Balaban J connectivity index is 1.07. The highest BCUT2D eigenvalue weighted by atomic mass is 16.8. The number of rotatable bonds is 15. The number of carbonyl (C=O) groups excluding carboxylic acids is 1. The van der Waals surface area contributed by atoms with Crippen molar-refractivity contribution in [2.24, 2.45) is 17.8 Å². The molecule has 4 atom stereocenters. The Morgan fingerprint density at radius 3 is 2.59 bits per heavy atom. The average molecular weight is 676 g/mol. The van der Waals surface area contributed by atoms with Crippen molar-refractivity contribution < 1.29 is 28.5 Å². The zero-order valence-corrected chi connectivity index (χ0v) is 29.7.